The first-order valence-corrected chi connectivity index (χ1v) is 8.51. The summed E-state index contributed by atoms with van der Waals surface area (Å²) in [5, 5.41) is 48.8. The summed E-state index contributed by atoms with van der Waals surface area (Å²) in [5.74, 6) is -9.95. The van der Waals surface area contributed by atoms with Crippen molar-refractivity contribution in [2.75, 3.05) is 0 Å². The fraction of sp³-hybridized carbons (Fsp3) is 0.562. The van der Waals surface area contributed by atoms with Gasteiger partial charge >= 0.3 is 0 Å². The van der Waals surface area contributed by atoms with E-state index in [4.69, 9.17) is 0 Å². The summed E-state index contributed by atoms with van der Waals surface area (Å²) < 4.78 is 0. The molecule has 3 N–H and O–H groups in total. The topological polar surface area (TPSA) is 248 Å². The second kappa shape index (κ2) is 12.7. The highest BCUT2D eigenvalue weighted by Crippen LogP contribution is 2.03. The molecule has 0 aliphatic rings. The van der Waals surface area contributed by atoms with E-state index < -0.39 is 91.8 Å². The Labute approximate surface area is 169 Å². The first-order chi connectivity index (χ1) is 13.8. The fourth-order valence-corrected chi connectivity index (χ4v) is 2.21. The molecule has 0 aromatic rings. The Morgan fingerprint density at radius 3 is 1.47 bits per heavy atom. The number of amides is 3. The Bertz CT molecular complexity index is 691. The lowest BCUT2D eigenvalue weighted by molar-refractivity contribution is -0.311. The van der Waals surface area contributed by atoms with Gasteiger partial charge in [-0.2, -0.15) is 0 Å². The Morgan fingerprint density at radius 2 is 1.07 bits per heavy atom. The van der Waals surface area contributed by atoms with E-state index in [0.717, 1.165) is 6.92 Å². The van der Waals surface area contributed by atoms with Crippen molar-refractivity contribution in [3.63, 3.8) is 0 Å². The Balaban J connectivity index is 5.41. The average Bonchev–Trinajstić information content (AvgIpc) is 2.59. The van der Waals surface area contributed by atoms with Crippen LogP contribution >= 0.6 is 0 Å². The molecule has 0 rings (SSSR count). The van der Waals surface area contributed by atoms with Gasteiger partial charge < -0.3 is 55.6 Å². The molecule has 14 heteroatoms. The first kappa shape index (κ1) is 26.3. The number of hydrogen-bond donors (Lipinski definition) is 3. The van der Waals surface area contributed by atoms with Gasteiger partial charge in [-0.25, -0.2) is 0 Å². The van der Waals surface area contributed by atoms with Crippen LogP contribution in [0.1, 0.15) is 39.0 Å². The summed E-state index contributed by atoms with van der Waals surface area (Å²) in [7, 11) is 0. The van der Waals surface area contributed by atoms with E-state index in [1.54, 1.807) is 0 Å². The summed E-state index contributed by atoms with van der Waals surface area (Å²) in [5.41, 5.74) is 0. The normalized spacial score (nSPS) is 13.2. The zero-order valence-corrected chi connectivity index (χ0v) is 15.8. The molecule has 30 heavy (non-hydrogen) atoms. The molecule has 0 heterocycles. The summed E-state index contributed by atoms with van der Waals surface area (Å²) >= 11 is 0. The van der Waals surface area contributed by atoms with Gasteiger partial charge in [-0.05, 0) is 25.7 Å². The van der Waals surface area contributed by atoms with E-state index in [-0.39, 0.29) is 0 Å². The van der Waals surface area contributed by atoms with Crippen LogP contribution in [0.15, 0.2) is 0 Å². The Hall–Kier alpha value is -3.71. The molecule has 14 nitrogen and oxygen atoms in total. The molecule has 0 spiro atoms. The van der Waals surface area contributed by atoms with E-state index >= 15 is 0 Å². The van der Waals surface area contributed by atoms with E-state index in [9.17, 15) is 54.0 Å². The Kier molecular flexibility index (Phi) is 11.1. The molecule has 0 saturated carbocycles. The van der Waals surface area contributed by atoms with Crippen LogP contribution in [0, 0.1) is 0 Å². The van der Waals surface area contributed by atoms with Crippen LogP contribution in [-0.4, -0.2) is 59.7 Å². The van der Waals surface area contributed by atoms with Gasteiger partial charge in [-0.1, -0.05) is 0 Å². The zero-order chi connectivity index (χ0) is 23.4. The van der Waals surface area contributed by atoms with Crippen molar-refractivity contribution < 1.29 is 54.0 Å². The van der Waals surface area contributed by atoms with Crippen molar-refractivity contribution in [1.82, 2.24) is 16.0 Å². The van der Waals surface area contributed by atoms with E-state index in [1.807, 2.05) is 16.0 Å². The van der Waals surface area contributed by atoms with E-state index in [0.29, 0.717) is 0 Å². The molecule has 0 aromatic carbocycles. The number of carbonyl (C=O) groups is 7. The van der Waals surface area contributed by atoms with Crippen molar-refractivity contribution in [2.45, 2.75) is 57.2 Å². The molecule has 0 unspecified atom stereocenters. The van der Waals surface area contributed by atoms with Gasteiger partial charge in [0.05, 0.1) is 12.0 Å². The lowest BCUT2D eigenvalue weighted by Gasteiger charge is -2.26. The SMILES string of the molecule is CC(=O)N[C@@H](CC(=O)[O-])C(=O)N[C@@H](CCC(=O)[O-])C(=O)N[C@@H](CCC(=O)[O-])C(=O)[O-]. The van der Waals surface area contributed by atoms with Crippen LogP contribution in [0.2, 0.25) is 0 Å². The van der Waals surface area contributed by atoms with Gasteiger partial charge in [0.25, 0.3) is 0 Å². The molecule has 0 bridgehead atoms. The number of carbonyl (C=O) groups excluding carboxylic acids is 7. The van der Waals surface area contributed by atoms with Crippen molar-refractivity contribution in [3.05, 3.63) is 0 Å². The highest BCUT2D eigenvalue weighted by atomic mass is 16.4. The van der Waals surface area contributed by atoms with Crippen molar-refractivity contribution in [2.24, 2.45) is 0 Å². The fourth-order valence-electron chi connectivity index (χ4n) is 2.21. The van der Waals surface area contributed by atoms with Crippen molar-refractivity contribution >= 4 is 41.6 Å². The molecule has 0 aliphatic carbocycles. The van der Waals surface area contributed by atoms with Crippen molar-refractivity contribution in [1.29, 1.82) is 0 Å². The van der Waals surface area contributed by atoms with Crippen LogP contribution in [0.5, 0.6) is 0 Å². The summed E-state index contributed by atoms with van der Waals surface area (Å²) in [6.07, 6.45) is -3.66. The predicted molar refractivity (Wildman–Crippen MR) is 84.6 cm³/mol. The van der Waals surface area contributed by atoms with Gasteiger partial charge in [0.1, 0.15) is 12.1 Å². The van der Waals surface area contributed by atoms with Gasteiger partial charge in [0.15, 0.2) is 0 Å². The molecule has 0 radical (unpaired) electrons. The molecule has 0 aromatic heterocycles. The highest BCUT2D eigenvalue weighted by Gasteiger charge is 2.27. The maximum absolute atomic E-state index is 12.3. The third-order valence-electron chi connectivity index (χ3n) is 3.57. The maximum Gasteiger partial charge on any atom is 0.243 e. The van der Waals surface area contributed by atoms with Gasteiger partial charge in [-0.3, -0.25) is 14.4 Å². The number of nitrogens with one attached hydrogen (secondary N) is 3. The quantitative estimate of drug-likeness (QED) is 0.234. The zero-order valence-electron chi connectivity index (χ0n) is 15.8. The molecule has 168 valence electrons. The molecule has 0 aliphatic heterocycles. The molecule has 3 atom stereocenters. The number of carboxylic acid groups (broad SMARTS) is 4. The predicted octanol–water partition coefficient (Wildman–Crippen LogP) is -7.59. The van der Waals surface area contributed by atoms with Crippen molar-refractivity contribution in [3.8, 4) is 0 Å². The van der Waals surface area contributed by atoms with Crippen LogP contribution in [0.4, 0.5) is 0 Å². The maximum atomic E-state index is 12.3. The molecule has 0 saturated heterocycles. The third-order valence-corrected chi connectivity index (χ3v) is 3.57. The number of aliphatic carboxylic acids is 4. The largest absolute Gasteiger partial charge is 0.550 e. The lowest BCUT2D eigenvalue weighted by Crippen LogP contribution is -2.57. The van der Waals surface area contributed by atoms with Gasteiger partial charge in [0, 0.05) is 31.3 Å². The second-order valence-electron chi connectivity index (χ2n) is 6.09. The van der Waals surface area contributed by atoms with Crippen LogP contribution in [0.25, 0.3) is 0 Å². The van der Waals surface area contributed by atoms with Gasteiger partial charge in [-0.15, -0.1) is 0 Å². The summed E-state index contributed by atoms with van der Waals surface area (Å²) in [4.78, 5) is 78.6. The second-order valence-corrected chi connectivity index (χ2v) is 6.09. The lowest BCUT2D eigenvalue weighted by atomic mass is 10.1. The monoisotopic (exact) mass is 429 g/mol. The van der Waals surface area contributed by atoms with E-state index in [1.165, 1.54) is 0 Å². The van der Waals surface area contributed by atoms with Crippen LogP contribution < -0.4 is 36.4 Å². The van der Waals surface area contributed by atoms with Gasteiger partial charge in [0.2, 0.25) is 17.7 Å². The molecular formula is C16H19N3O11-4. The number of rotatable bonds is 14. The van der Waals surface area contributed by atoms with Crippen LogP contribution in [0.3, 0.4) is 0 Å². The van der Waals surface area contributed by atoms with Crippen LogP contribution in [-0.2, 0) is 33.6 Å². The minimum absolute atomic E-state index is 0.585. The first-order valence-electron chi connectivity index (χ1n) is 8.51. The standard InChI is InChI=1S/C16H23N3O11/c1-7(20)17-10(6-13(25)26)15(28)18-8(2-4-11(21)22)14(27)19-9(16(29)30)3-5-12(23)24/h8-10H,2-6H2,1H3,(H,17,20)(H,18,28)(H,19,27)(H,21,22)(H,23,24)(H,25,26)(H,29,30)/p-4/t8-,9-,10-/m0/s1. The third kappa shape index (κ3) is 11.2. The molecule has 3 amide bonds. The average molecular weight is 429 g/mol. The minimum atomic E-state index is -1.84. The molecular weight excluding hydrogens is 410 g/mol. The number of hydrogen-bond acceptors (Lipinski definition) is 11. The highest BCUT2D eigenvalue weighted by molar-refractivity contribution is 5.94. The summed E-state index contributed by atoms with van der Waals surface area (Å²) in [6.45, 7) is 0.984. The summed E-state index contributed by atoms with van der Waals surface area (Å²) in [6, 6.07) is -5.15. The van der Waals surface area contributed by atoms with E-state index in [2.05, 4.69) is 0 Å². The molecule has 0 fully saturated rings. The Morgan fingerprint density at radius 1 is 0.633 bits per heavy atom. The minimum Gasteiger partial charge on any atom is -0.550 e. The smallest absolute Gasteiger partial charge is 0.243 e. The number of carboxylic acids is 4.